The summed E-state index contributed by atoms with van der Waals surface area (Å²) in [5.74, 6) is 8.32. The van der Waals surface area contributed by atoms with Crippen molar-refractivity contribution in [3.63, 3.8) is 0 Å². The summed E-state index contributed by atoms with van der Waals surface area (Å²) in [6.45, 7) is 4.05. The van der Waals surface area contributed by atoms with Gasteiger partial charge in [-0.2, -0.15) is 0 Å². The van der Waals surface area contributed by atoms with Gasteiger partial charge in [0.1, 0.15) is 5.70 Å². The van der Waals surface area contributed by atoms with Crippen LogP contribution >= 0.6 is 0 Å². The van der Waals surface area contributed by atoms with Gasteiger partial charge in [-0.25, -0.2) is 4.79 Å². The molecule has 0 spiro atoms. The summed E-state index contributed by atoms with van der Waals surface area (Å²) in [6, 6.07) is 17.6. The monoisotopic (exact) mass is 344 g/mol. The van der Waals surface area contributed by atoms with Gasteiger partial charge in [-0.15, -0.1) is 0 Å². The van der Waals surface area contributed by atoms with Gasteiger partial charge in [0.05, 0.1) is 0 Å². The summed E-state index contributed by atoms with van der Waals surface area (Å²) in [7, 11) is 0. The van der Waals surface area contributed by atoms with E-state index in [2.05, 4.69) is 22.1 Å². The lowest BCUT2D eigenvalue weighted by Crippen LogP contribution is -2.35. The molecule has 0 saturated carbocycles. The van der Waals surface area contributed by atoms with Crippen molar-refractivity contribution in [2.45, 2.75) is 19.3 Å². The van der Waals surface area contributed by atoms with Gasteiger partial charge in [-0.1, -0.05) is 48.6 Å². The van der Waals surface area contributed by atoms with Crippen molar-refractivity contribution < 1.29 is 4.79 Å². The molecule has 2 aromatic rings. The lowest BCUT2D eigenvalue weighted by molar-refractivity contribution is 0.232. The van der Waals surface area contributed by atoms with Gasteiger partial charge >= 0.3 is 0 Å². The lowest BCUT2D eigenvalue weighted by Gasteiger charge is -2.26. The average Bonchev–Trinajstić information content (AvgIpc) is 2.72. The summed E-state index contributed by atoms with van der Waals surface area (Å²) in [5.41, 5.74) is 3.29. The van der Waals surface area contributed by atoms with Crippen LogP contribution < -0.4 is 5.32 Å². The second-order valence-corrected chi connectivity index (χ2v) is 6.50. The quantitative estimate of drug-likeness (QED) is 0.667. The number of hydrogen-bond donors (Lipinski definition) is 1. The van der Waals surface area contributed by atoms with Crippen molar-refractivity contribution in [3.8, 4) is 11.8 Å². The minimum atomic E-state index is 0.518. The van der Waals surface area contributed by atoms with Gasteiger partial charge in [0, 0.05) is 29.8 Å². The molecule has 1 N–H and O–H groups in total. The molecule has 0 atom stereocenters. The van der Waals surface area contributed by atoms with E-state index >= 15 is 0 Å². The Morgan fingerprint density at radius 1 is 0.885 bits per heavy atom. The Hall–Kier alpha value is -2.79. The first-order valence-electron chi connectivity index (χ1n) is 9.24. The maximum Gasteiger partial charge on any atom is 0.150 e. The predicted octanol–water partition coefficient (Wildman–Crippen LogP) is 3.33. The largest absolute Gasteiger partial charge is 0.374 e. The molecule has 0 bridgehead atoms. The van der Waals surface area contributed by atoms with E-state index in [1.165, 1.54) is 19.3 Å². The summed E-state index contributed by atoms with van der Waals surface area (Å²) >= 11 is 0. The number of nitrogens with zero attached hydrogens (tertiary/aromatic N) is 1. The van der Waals surface area contributed by atoms with Gasteiger partial charge in [0.25, 0.3) is 0 Å². The van der Waals surface area contributed by atoms with Crippen LogP contribution in [-0.2, 0) is 4.79 Å². The highest BCUT2D eigenvalue weighted by Gasteiger charge is 2.10. The third-order valence-corrected chi connectivity index (χ3v) is 4.58. The molecule has 3 rings (SSSR count). The van der Waals surface area contributed by atoms with Crippen molar-refractivity contribution in [3.05, 3.63) is 71.3 Å². The van der Waals surface area contributed by atoms with E-state index in [9.17, 15) is 4.79 Å². The maximum absolute atomic E-state index is 11.3. The molecule has 1 fully saturated rings. The number of piperidine rings is 1. The topological polar surface area (TPSA) is 32.3 Å². The third kappa shape index (κ3) is 5.36. The summed E-state index contributed by atoms with van der Waals surface area (Å²) in [4.78, 5) is 13.8. The Bertz CT molecular complexity index is 803. The number of benzene rings is 2. The highest BCUT2D eigenvalue weighted by atomic mass is 16.1. The van der Waals surface area contributed by atoms with Crippen LogP contribution in [0.3, 0.4) is 0 Å². The molecule has 0 amide bonds. The van der Waals surface area contributed by atoms with Gasteiger partial charge in [-0.3, -0.25) is 0 Å². The molecule has 132 valence electrons. The fourth-order valence-corrected chi connectivity index (χ4v) is 3.11. The average molecular weight is 344 g/mol. The zero-order valence-electron chi connectivity index (χ0n) is 15.0. The number of rotatable bonds is 5. The normalized spacial score (nSPS) is 14.0. The van der Waals surface area contributed by atoms with Crippen LogP contribution in [0.4, 0.5) is 0 Å². The molecule has 0 unspecified atom stereocenters. The number of nitrogens with one attached hydrogen (secondary N) is 1. The van der Waals surface area contributed by atoms with E-state index in [-0.39, 0.29) is 0 Å². The molecule has 0 aromatic heterocycles. The highest BCUT2D eigenvalue weighted by Crippen LogP contribution is 2.11. The van der Waals surface area contributed by atoms with E-state index in [1.54, 1.807) is 0 Å². The van der Waals surface area contributed by atoms with E-state index in [1.807, 2.05) is 60.5 Å². The number of likely N-dealkylation sites (tertiary alicyclic amines) is 1. The van der Waals surface area contributed by atoms with Gasteiger partial charge in [0.15, 0.2) is 5.94 Å². The zero-order chi connectivity index (χ0) is 18.0. The Balaban J connectivity index is 1.56. The molecule has 1 aliphatic rings. The van der Waals surface area contributed by atoms with Crippen LogP contribution in [0.5, 0.6) is 0 Å². The molecule has 1 saturated heterocycles. The van der Waals surface area contributed by atoms with E-state index < -0.39 is 0 Å². The van der Waals surface area contributed by atoms with E-state index in [0.29, 0.717) is 5.70 Å². The Labute approximate surface area is 155 Å². The Kier molecular flexibility index (Phi) is 6.67. The van der Waals surface area contributed by atoms with Crippen molar-refractivity contribution in [2.24, 2.45) is 0 Å². The molecule has 3 nitrogen and oxygen atoms in total. The van der Waals surface area contributed by atoms with E-state index in [0.717, 1.165) is 42.9 Å². The molecule has 26 heavy (non-hydrogen) atoms. The van der Waals surface area contributed by atoms with Crippen molar-refractivity contribution in [1.82, 2.24) is 10.2 Å². The summed E-state index contributed by atoms with van der Waals surface area (Å²) in [5, 5.41) is 3.23. The number of hydrogen-bond acceptors (Lipinski definition) is 3. The fraction of sp³-hybridized carbons (Fsp3) is 0.304. The Morgan fingerprint density at radius 3 is 2.19 bits per heavy atom. The van der Waals surface area contributed by atoms with Crippen LogP contribution in [0.1, 0.15) is 36.0 Å². The standard InChI is InChI=1S/C23H24N2O/c26-19-23(24-15-18-25-16-5-2-6-17-25)22-13-11-21(12-14-22)10-9-20-7-3-1-4-8-20/h1,3-4,7-8,11-14,24H,2,5-6,15-18H2. The van der Waals surface area contributed by atoms with Crippen molar-refractivity contribution in [1.29, 1.82) is 0 Å². The smallest absolute Gasteiger partial charge is 0.150 e. The molecule has 3 heteroatoms. The van der Waals surface area contributed by atoms with Crippen LogP contribution in [0, 0.1) is 11.8 Å². The van der Waals surface area contributed by atoms with Crippen LogP contribution in [-0.4, -0.2) is 37.0 Å². The molecule has 0 aliphatic carbocycles. The lowest BCUT2D eigenvalue weighted by atomic mass is 10.1. The second-order valence-electron chi connectivity index (χ2n) is 6.50. The van der Waals surface area contributed by atoms with Crippen LogP contribution in [0.2, 0.25) is 0 Å². The number of carbonyl (C=O) groups excluding carboxylic acids is 1. The molecular weight excluding hydrogens is 320 g/mol. The first kappa shape index (κ1) is 18.0. The minimum Gasteiger partial charge on any atom is -0.374 e. The van der Waals surface area contributed by atoms with Crippen molar-refractivity contribution in [2.75, 3.05) is 26.2 Å². The molecule has 1 heterocycles. The summed E-state index contributed by atoms with van der Waals surface area (Å²) in [6.07, 6.45) is 3.90. The first-order valence-corrected chi connectivity index (χ1v) is 9.24. The van der Waals surface area contributed by atoms with Crippen LogP contribution in [0.15, 0.2) is 54.6 Å². The molecule has 0 radical (unpaired) electrons. The van der Waals surface area contributed by atoms with Crippen molar-refractivity contribution >= 4 is 11.6 Å². The maximum atomic E-state index is 11.3. The second kappa shape index (κ2) is 9.63. The van der Waals surface area contributed by atoms with Gasteiger partial charge in [-0.05, 0) is 50.2 Å². The van der Waals surface area contributed by atoms with Gasteiger partial charge < -0.3 is 10.2 Å². The highest BCUT2D eigenvalue weighted by molar-refractivity contribution is 5.86. The van der Waals surface area contributed by atoms with E-state index in [4.69, 9.17) is 0 Å². The molecule has 2 aromatic carbocycles. The predicted molar refractivity (Wildman–Crippen MR) is 106 cm³/mol. The third-order valence-electron chi connectivity index (χ3n) is 4.58. The fourth-order valence-electron chi connectivity index (χ4n) is 3.11. The van der Waals surface area contributed by atoms with Gasteiger partial charge in [0.2, 0.25) is 0 Å². The zero-order valence-corrected chi connectivity index (χ0v) is 15.0. The van der Waals surface area contributed by atoms with Crippen LogP contribution in [0.25, 0.3) is 5.70 Å². The molecular formula is C23H24N2O. The molecule has 1 aliphatic heterocycles. The SMILES string of the molecule is O=C=C(NCCN1CCCCC1)c1ccc(C#Cc2ccccc2)cc1. The Morgan fingerprint density at radius 2 is 1.54 bits per heavy atom. The first-order chi connectivity index (χ1) is 12.8. The minimum absolute atomic E-state index is 0.518. The summed E-state index contributed by atoms with van der Waals surface area (Å²) < 4.78 is 0.